The van der Waals surface area contributed by atoms with Crippen LogP contribution in [-0.4, -0.2) is 20.7 Å². The number of nitrogens with zero attached hydrogens (tertiary/aromatic N) is 1. The summed E-state index contributed by atoms with van der Waals surface area (Å²) in [5.74, 6) is -1.92. The average molecular weight is 375 g/mol. The SMILES string of the molecule is Cc1ccc2c(c1)-c1c(c(O)c(C(=O)O)c(=O)n1Cc1ccccc1)C(C)C2. The van der Waals surface area contributed by atoms with Gasteiger partial charge in [-0.3, -0.25) is 4.79 Å². The van der Waals surface area contributed by atoms with Crippen molar-refractivity contribution in [1.82, 2.24) is 4.57 Å². The Morgan fingerprint density at radius 1 is 1.18 bits per heavy atom. The number of hydrogen-bond acceptors (Lipinski definition) is 3. The fraction of sp³-hybridized carbons (Fsp3) is 0.217. The van der Waals surface area contributed by atoms with E-state index in [1.54, 1.807) is 0 Å². The molecule has 0 saturated carbocycles. The molecule has 5 nitrogen and oxygen atoms in total. The number of fused-ring (bicyclic) bond motifs is 3. The largest absolute Gasteiger partial charge is 0.506 e. The monoisotopic (exact) mass is 375 g/mol. The van der Waals surface area contributed by atoms with Crippen LogP contribution >= 0.6 is 0 Å². The number of benzene rings is 2. The van der Waals surface area contributed by atoms with Gasteiger partial charge in [0.15, 0.2) is 5.56 Å². The van der Waals surface area contributed by atoms with Crippen LogP contribution in [0.4, 0.5) is 0 Å². The lowest BCUT2D eigenvalue weighted by Crippen LogP contribution is -2.31. The number of aryl methyl sites for hydroxylation is 1. The first kappa shape index (κ1) is 18.0. The van der Waals surface area contributed by atoms with Gasteiger partial charge in [-0.2, -0.15) is 0 Å². The number of pyridine rings is 1. The first-order valence-electron chi connectivity index (χ1n) is 9.25. The van der Waals surface area contributed by atoms with Gasteiger partial charge in [0.25, 0.3) is 5.56 Å². The van der Waals surface area contributed by atoms with Crippen molar-refractivity contribution in [2.45, 2.75) is 32.7 Å². The minimum Gasteiger partial charge on any atom is -0.506 e. The molecule has 1 heterocycles. The van der Waals surface area contributed by atoms with E-state index in [4.69, 9.17) is 0 Å². The number of aromatic carboxylic acids is 1. The highest BCUT2D eigenvalue weighted by Crippen LogP contribution is 2.44. The Bertz CT molecular complexity index is 1150. The van der Waals surface area contributed by atoms with Gasteiger partial charge in [-0.25, -0.2) is 4.79 Å². The summed E-state index contributed by atoms with van der Waals surface area (Å²) in [6, 6.07) is 15.5. The van der Waals surface area contributed by atoms with Gasteiger partial charge in [-0.05, 0) is 36.5 Å². The highest BCUT2D eigenvalue weighted by molar-refractivity contribution is 5.92. The predicted molar refractivity (Wildman–Crippen MR) is 107 cm³/mol. The quantitative estimate of drug-likeness (QED) is 0.727. The topological polar surface area (TPSA) is 79.5 Å². The standard InChI is InChI=1S/C23H21NO4/c1-13-8-9-16-11-14(2)18-20(17(16)10-13)24(12-15-6-4-3-5-7-15)22(26)19(21(18)25)23(27)28/h3-10,14,25H,11-12H2,1-2H3,(H,27,28). The number of aromatic nitrogens is 1. The number of carboxylic acids is 1. The minimum atomic E-state index is -1.41. The first-order valence-corrected chi connectivity index (χ1v) is 9.25. The van der Waals surface area contributed by atoms with Crippen LogP contribution in [0.3, 0.4) is 0 Å². The van der Waals surface area contributed by atoms with Crippen LogP contribution in [0.2, 0.25) is 0 Å². The van der Waals surface area contributed by atoms with Crippen LogP contribution in [0, 0.1) is 6.92 Å². The molecule has 0 aliphatic heterocycles. The molecule has 142 valence electrons. The van der Waals surface area contributed by atoms with E-state index in [0.717, 1.165) is 22.3 Å². The second-order valence-electron chi connectivity index (χ2n) is 7.43. The zero-order chi connectivity index (χ0) is 20.0. The molecule has 3 aromatic rings. The van der Waals surface area contributed by atoms with E-state index < -0.39 is 22.8 Å². The van der Waals surface area contributed by atoms with Gasteiger partial charge in [0, 0.05) is 11.1 Å². The molecule has 1 atom stereocenters. The molecule has 2 aromatic carbocycles. The number of rotatable bonds is 3. The second kappa shape index (κ2) is 6.68. The summed E-state index contributed by atoms with van der Waals surface area (Å²) >= 11 is 0. The maximum Gasteiger partial charge on any atom is 0.345 e. The normalized spacial score (nSPS) is 15.0. The summed E-state index contributed by atoms with van der Waals surface area (Å²) < 4.78 is 1.50. The van der Waals surface area contributed by atoms with Gasteiger partial charge in [-0.1, -0.05) is 55.0 Å². The third kappa shape index (κ3) is 2.80. The van der Waals surface area contributed by atoms with Gasteiger partial charge in [-0.15, -0.1) is 0 Å². The summed E-state index contributed by atoms with van der Waals surface area (Å²) in [6.45, 7) is 4.16. The summed E-state index contributed by atoms with van der Waals surface area (Å²) in [4.78, 5) is 24.9. The maximum absolute atomic E-state index is 13.1. The lowest BCUT2D eigenvalue weighted by atomic mass is 9.80. The molecule has 1 unspecified atom stereocenters. The summed E-state index contributed by atoms with van der Waals surface area (Å²) in [6.07, 6.45) is 0.679. The van der Waals surface area contributed by atoms with Crippen molar-refractivity contribution in [3.05, 3.63) is 86.7 Å². The van der Waals surface area contributed by atoms with Crippen LogP contribution in [0.25, 0.3) is 11.3 Å². The van der Waals surface area contributed by atoms with Crippen molar-refractivity contribution < 1.29 is 15.0 Å². The Labute approximate surface area is 162 Å². The van der Waals surface area contributed by atoms with E-state index >= 15 is 0 Å². The smallest absolute Gasteiger partial charge is 0.345 e. The van der Waals surface area contributed by atoms with E-state index in [0.29, 0.717) is 17.7 Å². The number of hydrogen-bond donors (Lipinski definition) is 2. The Morgan fingerprint density at radius 3 is 2.57 bits per heavy atom. The predicted octanol–water partition coefficient (Wildman–Crippen LogP) is 3.94. The van der Waals surface area contributed by atoms with Gasteiger partial charge >= 0.3 is 5.97 Å². The van der Waals surface area contributed by atoms with Crippen molar-refractivity contribution in [2.75, 3.05) is 0 Å². The van der Waals surface area contributed by atoms with Crippen molar-refractivity contribution in [1.29, 1.82) is 0 Å². The molecular formula is C23H21NO4. The van der Waals surface area contributed by atoms with Crippen LogP contribution in [0.1, 0.15) is 45.5 Å². The molecule has 0 saturated heterocycles. The number of carbonyl (C=O) groups is 1. The van der Waals surface area contributed by atoms with Gasteiger partial charge in [0.1, 0.15) is 5.75 Å². The molecule has 1 aromatic heterocycles. The molecule has 0 fully saturated rings. The summed E-state index contributed by atoms with van der Waals surface area (Å²) in [5, 5.41) is 20.3. The second-order valence-corrected chi connectivity index (χ2v) is 7.43. The van der Waals surface area contributed by atoms with E-state index in [2.05, 4.69) is 0 Å². The molecule has 28 heavy (non-hydrogen) atoms. The fourth-order valence-corrected chi connectivity index (χ4v) is 4.12. The summed E-state index contributed by atoms with van der Waals surface area (Å²) in [5.41, 5.74) is 3.82. The van der Waals surface area contributed by atoms with E-state index in [-0.39, 0.29) is 12.5 Å². The highest BCUT2D eigenvalue weighted by atomic mass is 16.4. The van der Waals surface area contributed by atoms with E-state index in [1.165, 1.54) is 4.57 Å². The van der Waals surface area contributed by atoms with Gasteiger partial charge < -0.3 is 14.8 Å². The van der Waals surface area contributed by atoms with Crippen LogP contribution < -0.4 is 5.56 Å². The average Bonchev–Trinajstić information content (AvgIpc) is 2.65. The highest BCUT2D eigenvalue weighted by Gasteiger charge is 2.33. The van der Waals surface area contributed by atoms with Crippen molar-refractivity contribution in [3.63, 3.8) is 0 Å². The van der Waals surface area contributed by atoms with Crippen molar-refractivity contribution in [2.24, 2.45) is 0 Å². The molecule has 4 rings (SSSR count). The Kier molecular flexibility index (Phi) is 4.30. The van der Waals surface area contributed by atoms with Crippen molar-refractivity contribution in [3.8, 4) is 17.0 Å². The molecule has 0 radical (unpaired) electrons. The molecule has 1 aliphatic rings. The van der Waals surface area contributed by atoms with Gasteiger partial charge in [0.2, 0.25) is 0 Å². The van der Waals surface area contributed by atoms with Crippen LogP contribution in [0.15, 0.2) is 53.3 Å². The molecule has 2 N–H and O–H groups in total. The van der Waals surface area contributed by atoms with Gasteiger partial charge in [0.05, 0.1) is 12.2 Å². The number of carboxylic acid groups (broad SMARTS) is 1. The number of aromatic hydroxyl groups is 1. The van der Waals surface area contributed by atoms with Crippen molar-refractivity contribution >= 4 is 5.97 Å². The third-order valence-corrected chi connectivity index (χ3v) is 5.41. The molecule has 0 amide bonds. The van der Waals surface area contributed by atoms with E-state index in [9.17, 15) is 19.8 Å². The Balaban J connectivity index is 2.10. The Hall–Kier alpha value is -3.34. The minimum absolute atomic E-state index is 0.106. The molecule has 1 aliphatic carbocycles. The molecule has 0 spiro atoms. The zero-order valence-corrected chi connectivity index (χ0v) is 15.8. The lowest BCUT2D eigenvalue weighted by molar-refractivity contribution is 0.0690. The lowest BCUT2D eigenvalue weighted by Gasteiger charge is -2.30. The van der Waals surface area contributed by atoms with Crippen LogP contribution in [0.5, 0.6) is 5.75 Å². The molecule has 5 heteroatoms. The molecule has 0 bridgehead atoms. The van der Waals surface area contributed by atoms with Crippen LogP contribution in [-0.2, 0) is 13.0 Å². The third-order valence-electron chi connectivity index (χ3n) is 5.41. The fourth-order valence-electron chi connectivity index (χ4n) is 4.12. The maximum atomic E-state index is 13.1. The Morgan fingerprint density at radius 2 is 1.89 bits per heavy atom. The zero-order valence-electron chi connectivity index (χ0n) is 15.8. The molecular weight excluding hydrogens is 354 g/mol. The summed E-state index contributed by atoms with van der Waals surface area (Å²) in [7, 11) is 0. The first-order chi connectivity index (χ1) is 13.4. The van der Waals surface area contributed by atoms with E-state index in [1.807, 2.05) is 62.4 Å².